The first kappa shape index (κ1) is 13.7. The molecule has 0 unspecified atom stereocenters. The van der Waals surface area contributed by atoms with Gasteiger partial charge in [0.2, 0.25) is 5.95 Å². The summed E-state index contributed by atoms with van der Waals surface area (Å²) < 4.78 is 18.1. The monoisotopic (exact) mass is 278 g/mol. The molecule has 1 heterocycles. The molecule has 0 spiro atoms. The lowest BCUT2D eigenvalue weighted by Crippen LogP contribution is -2.05. The highest BCUT2D eigenvalue weighted by Crippen LogP contribution is 2.29. The van der Waals surface area contributed by atoms with Gasteiger partial charge >= 0.3 is 11.6 Å². The molecule has 0 aliphatic heterocycles. The third-order valence-corrected chi connectivity index (χ3v) is 2.30. The Kier molecular flexibility index (Phi) is 4.04. The summed E-state index contributed by atoms with van der Waals surface area (Å²) in [6.07, 6.45) is 1.06. The number of nitrogens with zero attached hydrogens (tertiary/aromatic N) is 3. The van der Waals surface area contributed by atoms with Crippen LogP contribution in [0.2, 0.25) is 0 Å². The molecule has 104 valence electrons. The zero-order chi connectivity index (χ0) is 14.5. The molecule has 2 rings (SSSR count). The molecule has 2 aromatic rings. The lowest BCUT2D eigenvalue weighted by Gasteiger charge is -2.07. The van der Waals surface area contributed by atoms with Gasteiger partial charge in [-0.25, -0.2) is 9.37 Å². The maximum atomic E-state index is 12.8. The summed E-state index contributed by atoms with van der Waals surface area (Å²) in [5.41, 5.74) is -0.365. The van der Waals surface area contributed by atoms with E-state index in [9.17, 15) is 14.5 Å². The number of nitro groups is 1. The minimum absolute atomic E-state index is 0.201. The summed E-state index contributed by atoms with van der Waals surface area (Å²) in [5, 5.41) is 13.7. The maximum Gasteiger partial charge on any atom is 0.349 e. The number of aromatic nitrogens is 2. The van der Waals surface area contributed by atoms with Crippen molar-refractivity contribution < 1.29 is 14.1 Å². The molecule has 20 heavy (non-hydrogen) atoms. The molecular formula is C12H11FN4O3. The number of ether oxygens (including phenoxy) is 1. The van der Waals surface area contributed by atoms with E-state index in [1.807, 2.05) is 6.92 Å². The van der Waals surface area contributed by atoms with E-state index >= 15 is 0 Å². The van der Waals surface area contributed by atoms with Gasteiger partial charge in [-0.1, -0.05) is 0 Å². The second kappa shape index (κ2) is 5.91. The quantitative estimate of drug-likeness (QED) is 0.668. The van der Waals surface area contributed by atoms with Crippen LogP contribution in [0.25, 0.3) is 0 Å². The highest BCUT2D eigenvalue weighted by Gasteiger charge is 2.19. The van der Waals surface area contributed by atoms with E-state index in [0.29, 0.717) is 6.54 Å². The molecule has 1 aromatic heterocycles. The number of nitrogens with one attached hydrogen (secondary N) is 1. The van der Waals surface area contributed by atoms with Gasteiger partial charge in [-0.05, 0) is 31.2 Å². The van der Waals surface area contributed by atoms with Crippen LogP contribution in [0, 0.1) is 15.9 Å². The Morgan fingerprint density at radius 3 is 2.70 bits per heavy atom. The molecule has 1 N–H and O–H groups in total. The van der Waals surface area contributed by atoms with Crippen LogP contribution in [0.4, 0.5) is 16.0 Å². The highest BCUT2D eigenvalue weighted by atomic mass is 19.1. The number of halogens is 1. The second-order valence-corrected chi connectivity index (χ2v) is 3.73. The van der Waals surface area contributed by atoms with E-state index in [1.165, 1.54) is 24.3 Å². The molecule has 0 atom stereocenters. The number of hydrogen-bond acceptors (Lipinski definition) is 6. The Hall–Kier alpha value is -2.77. The first-order chi connectivity index (χ1) is 9.60. The van der Waals surface area contributed by atoms with Crippen LogP contribution in [-0.4, -0.2) is 21.4 Å². The van der Waals surface area contributed by atoms with Crippen molar-refractivity contribution >= 4 is 11.6 Å². The second-order valence-electron chi connectivity index (χ2n) is 3.73. The normalized spacial score (nSPS) is 10.1. The van der Waals surface area contributed by atoms with Crippen molar-refractivity contribution in [2.45, 2.75) is 6.92 Å². The van der Waals surface area contributed by atoms with Crippen molar-refractivity contribution in [2.24, 2.45) is 0 Å². The van der Waals surface area contributed by atoms with Gasteiger partial charge in [0.1, 0.15) is 17.8 Å². The van der Waals surface area contributed by atoms with E-state index in [0.717, 1.165) is 6.20 Å². The first-order valence-corrected chi connectivity index (χ1v) is 5.79. The molecule has 0 aliphatic rings. The van der Waals surface area contributed by atoms with Crippen LogP contribution in [0.3, 0.4) is 0 Å². The van der Waals surface area contributed by atoms with E-state index in [-0.39, 0.29) is 23.3 Å². The summed E-state index contributed by atoms with van der Waals surface area (Å²) in [5.74, 6) is -0.165. The average Bonchev–Trinajstić information content (AvgIpc) is 2.42. The van der Waals surface area contributed by atoms with Crippen LogP contribution >= 0.6 is 0 Å². The minimum Gasteiger partial charge on any atom is -0.434 e. The fourth-order valence-corrected chi connectivity index (χ4v) is 1.42. The molecular weight excluding hydrogens is 267 g/mol. The van der Waals surface area contributed by atoms with Gasteiger partial charge in [0.15, 0.2) is 0 Å². The predicted molar refractivity (Wildman–Crippen MR) is 69.3 cm³/mol. The molecule has 0 amide bonds. The first-order valence-electron chi connectivity index (χ1n) is 5.79. The third kappa shape index (κ3) is 3.16. The Labute approximate surface area is 113 Å². The van der Waals surface area contributed by atoms with Gasteiger partial charge in [-0.2, -0.15) is 4.98 Å². The smallest absolute Gasteiger partial charge is 0.349 e. The SMILES string of the molecule is CCNc1ncc([N+](=O)[O-])c(Oc2ccc(F)cc2)n1. The fourth-order valence-electron chi connectivity index (χ4n) is 1.42. The minimum atomic E-state index is -0.644. The zero-order valence-corrected chi connectivity index (χ0v) is 10.5. The summed E-state index contributed by atoms with van der Waals surface area (Å²) in [4.78, 5) is 18.0. The van der Waals surface area contributed by atoms with Crippen molar-refractivity contribution in [2.75, 3.05) is 11.9 Å². The molecule has 0 saturated heterocycles. The molecule has 8 heteroatoms. The summed E-state index contributed by atoms with van der Waals surface area (Å²) in [7, 11) is 0. The number of benzene rings is 1. The van der Waals surface area contributed by atoms with Crippen molar-refractivity contribution in [1.82, 2.24) is 9.97 Å². The molecule has 0 aliphatic carbocycles. The molecule has 7 nitrogen and oxygen atoms in total. The third-order valence-electron chi connectivity index (χ3n) is 2.30. The molecule has 0 radical (unpaired) electrons. The van der Waals surface area contributed by atoms with Crippen molar-refractivity contribution in [3.8, 4) is 11.6 Å². The number of anilines is 1. The van der Waals surface area contributed by atoms with E-state index in [4.69, 9.17) is 4.74 Å². The standard InChI is InChI=1S/C12H11FN4O3/c1-2-14-12-15-7-10(17(18)19)11(16-12)20-9-5-3-8(13)4-6-9/h3-7H,2H2,1H3,(H,14,15,16). The molecule has 1 aromatic carbocycles. The Balaban J connectivity index is 2.34. The van der Waals surface area contributed by atoms with Gasteiger partial charge < -0.3 is 10.1 Å². The Bertz CT molecular complexity index is 619. The fraction of sp³-hybridized carbons (Fsp3) is 0.167. The van der Waals surface area contributed by atoms with E-state index in [1.54, 1.807) is 0 Å². The topological polar surface area (TPSA) is 90.2 Å². The average molecular weight is 278 g/mol. The van der Waals surface area contributed by atoms with E-state index in [2.05, 4.69) is 15.3 Å². The van der Waals surface area contributed by atoms with Gasteiger partial charge in [0.25, 0.3) is 0 Å². The van der Waals surface area contributed by atoms with Crippen LogP contribution < -0.4 is 10.1 Å². The van der Waals surface area contributed by atoms with Crippen molar-refractivity contribution in [3.63, 3.8) is 0 Å². The van der Waals surface area contributed by atoms with Gasteiger partial charge in [-0.15, -0.1) is 0 Å². The Morgan fingerprint density at radius 1 is 1.40 bits per heavy atom. The lowest BCUT2D eigenvalue weighted by molar-refractivity contribution is -0.386. The largest absolute Gasteiger partial charge is 0.434 e. The lowest BCUT2D eigenvalue weighted by atomic mass is 10.3. The molecule has 0 saturated carbocycles. The van der Waals surface area contributed by atoms with Crippen molar-refractivity contribution in [1.29, 1.82) is 0 Å². The summed E-state index contributed by atoms with van der Waals surface area (Å²) in [6.45, 7) is 2.40. The van der Waals surface area contributed by atoms with Crippen LogP contribution in [-0.2, 0) is 0 Å². The summed E-state index contributed by atoms with van der Waals surface area (Å²) >= 11 is 0. The Morgan fingerprint density at radius 2 is 2.10 bits per heavy atom. The van der Waals surface area contributed by atoms with Gasteiger partial charge in [0.05, 0.1) is 4.92 Å². The highest BCUT2D eigenvalue weighted by molar-refractivity contribution is 5.45. The van der Waals surface area contributed by atoms with Gasteiger partial charge in [0, 0.05) is 6.54 Å². The zero-order valence-electron chi connectivity index (χ0n) is 10.5. The maximum absolute atomic E-state index is 12.8. The van der Waals surface area contributed by atoms with Gasteiger partial charge in [-0.3, -0.25) is 10.1 Å². The molecule has 0 bridgehead atoms. The van der Waals surface area contributed by atoms with Crippen LogP contribution in [0.15, 0.2) is 30.5 Å². The van der Waals surface area contributed by atoms with Crippen LogP contribution in [0.1, 0.15) is 6.92 Å². The van der Waals surface area contributed by atoms with Crippen LogP contribution in [0.5, 0.6) is 11.6 Å². The van der Waals surface area contributed by atoms with Crippen molar-refractivity contribution in [3.05, 3.63) is 46.4 Å². The molecule has 0 fully saturated rings. The number of hydrogen-bond donors (Lipinski definition) is 1. The summed E-state index contributed by atoms with van der Waals surface area (Å²) in [6, 6.07) is 5.09. The van der Waals surface area contributed by atoms with E-state index < -0.39 is 10.7 Å². The predicted octanol–water partition coefficient (Wildman–Crippen LogP) is 2.75. The number of rotatable bonds is 5.